The maximum atomic E-state index is 14.1. The zero-order valence-electron chi connectivity index (χ0n) is 28.1. The predicted octanol–water partition coefficient (Wildman–Crippen LogP) is 4.26. The number of anilines is 1. The molecule has 12 heteroatoms. The molecule has 0 bridgehead atoms. The van der Waals surface area contributed by atoms with Gasteiger partial charge in [-0.25, -0.2) is 0 Å². The van der Waals surface area contributed by atoms with Crippen LogP contribution >= 0.6 is 0 Å². The molecule has 0 radical (unpaired) electrons. The number of aryl methyl sites for hydroxylation is 1. The summed E-state index contributed by atoms with van der Waals surface area (Å²) in [6, 6.07) is 21.9. The number of esters is 1. The summed E-state index contributed by atoms with van der Waals surface area (Å²) in [4.78, 5) is 40.7. The minimum atomic E-state index is -1.92. The first-order valence-corrected chi connectivity index (χ1v) is 16.7. The molecule has 0 spiro atoms. The van der Waals surface area contributed by atoms with Crippen molar-refractivity contribution in [3.8, 4) is 5.69 Å². The number of allylic oxidation sites excluding steroid dienone is 1. The fourth-order valence-electron chi connectivity index (χ4n) is 6.49. The third-order valence-electron chi connectivity index (χ3n) is 9.34. The Bertz CT molecular complexity index is 2080. The molecule has 2 N–H and O–H groups in total. The molecule has 3 aromatic carbocycles. The second-order valence-corrected chi connectivity index (χ2v) is 12.5. The zero-order valence-corrected chi connectivity index (χ0v) is 28.1. The molecule has 258 valence electrons. The van der Waals surface area contributed by atoms with Crippen molar-refractivity contribution < 1.29 is 24.5 Å². The van der Waals surface area contributed by atoms with Gasteiger partial charge in [-0.1, -0.05) is 72.8 Å². The van der Waals surface area contributed by atoms with Gasteiger partial charge in [-0.3, -0.25) is 19.1 Å². The van der Waals surface area contributed by atoms with E-state index in [1.807, 2.05) is 60.8 Å². The molecular formula is C38H40N6O6. The fourth-order valence-corrected chi connectivity index (χ4v) is 6.49. The lowest BCUT2D eigenvalue weighted by Gasteiger charge is -2.28. The number of benzene rings is 3. The highest BCUT2D eigenvalue weighted by atomic mass is 16.5. The lowest BCUT2D eigenvalue weighted by atomic mass is 9.82. The summed E-state index contributed by atoms with van der Waals surface area (Å²) in [6.45, 7) is 2.48. The number of aromatic nitrogens is 5. The molecule has 0 aliphatic carbocycles. The smallest absolute Gasteiger partial charge is 0.305 e. The van der Waals surface area contributed by atoms with Crippen LogP contribution in [0.1, 0.15) is 55.3 Å². The van der Waals surface area contributed by atoms with Crippen molar-refractivity contribution in [2.75, 3.05) is 25.2 Å². The molecule has 5 aromatic rings. The molecule has 0 fully saturated rings. The number of aliphatic hydroxyl groups is 2. The Kier molecular flexibility index (Phi) is 10.3. The first-order valence-electron chi connectivity index (χ1n) is 16.7. The molecule has 3 heterocycles. The normalized spacial score (nSPS) is 17.0. The van der Waals surface area contributed by atoms with E-state index in [0.29, 0.717) is 65.8 Å². The van der Waals surface area contributed by atoms with Gasteiger partial charge in [0, 0.05) is 42.6 Å². The van der Waals surface area contributed by atoms with Crippen molar-refractivity contribution in [2.45, 2.75) is 50.7 Å². The lowest BCUT2D eigenvalue weighted by Crippen LogP contribution is -2.44. The van der Waals surface area contributed by atoms with E-state index in [-0.39, 0.29) is 30.5 Å². The van der Waals surface area contributed by atoms with Crippen LogP contribution in [0.15, 0.2) is 102 Å². The zero-order chi connectivity index (χ0) is 35.3. The summed E-state index contributed by atoms with van der Waals surface area (Å²) in [5.74, 6) is -1.72. The Morgan fingerprint density at radius 3 is 2.58 bits per heavy atom. The van der Waals surface area contributed by atoms with E-state index in [1.165, 1.54) is 11.8 Å². The second kappa shape index (κ2) is 15.0. The number of ether oxygens (including phenoxy) is 1. The fraction of sp³-hybridized carbons (Fsp3) is 0.316. The number of aliphatic hydroxyl groups excluding tert-OH is 1. The van der Waals surface area contributed by atoms with Gasteiger partial charge in [-0.2, -0.15) is 9.78 Å². The average molecular weight is 677 g/mol. The van der Waals surface area contributed by atoms with Gasteiger partial charge in [0.2, 0.25) is 0 Å². The molecule has 2 aromatic heterocycles. The van der Waals surface area contributed by atoms with E-state index in [2.05, 4.69) is 15.4 Å². The van der Waals surface area contributed by atoms with Crippen molar-refractivity contribution in [2.24, 2.45) is 5.92 Å². The van der Waals surface area contributed by atoms with Crippen LogP contribution in [0.2, 0.25) is 0 Å². The number of hydrogen-bond donors (Lipinski definition) is 2. The Balaban J connectivity index is 1.23. The number of hydrogen-bond acceptors (Lipinski definition) is 9. The Morgan fingerprint density at radius 2 is 1.80 bits per heavy atom. The van der Waals surface area contributed by atoms with Gasteiger partial charge in [0.25, 0.3) is 11.5 Å². The van der Waals surface area contributed by atoms with Crippen molar-refractivity contribution in [1.29, 1.82) is 0 Å². The Morgan fingerprint density at radius 1 is 1.02 bits per heavy atom. The number of nitrogens with zero attached hydrogens (tertiary/aromatic N) is 6. The van der Waals surface area contributed by atoms with Crippen molar-refractivity contribution in [3.05, 3.63) is 125 Å². The number of rotatable bonds is 14. The first-order chi connectivity index (χ1) is 24.3. The summed E-state index contributed by atoms with van der Waals surface area (Å²) < 4.78 is 7.73. The minimum Gasteiger partial charge on any atom is -0.469 e. The van der Waals surface area contributed by atoms with Crippen molar-refractivity contribution >= 4 is 28.3 Å². The highest BCUT2D eigenvalue weighted by molar-refractivity contribution is 6.07. The van der Waals surface area contributed by atoms with E-state index in [9.17, 15) is 24.6 Å². The summed E-state index contributed by atoms with van der Waals surface area (Å²) in [7, 11) is 1.34. The predicted molar refractivity (Wildman–Crippen MR) is 188 cm³/mol. The van der Waals surface area contributed by atoms with Crippen LogP contribution in [-0.4, -0.2) is 67.1 Å². The van der Waals surface area contributed by atoms with Crippen LogP contribution in [0.4, 0.5) is 5.69 Å². The molecule has 1 unspecified atom stereocenters. The quantitative estimate of drug-likeness (QED) is 0.0998. The maximum absolute atomic E-state index is 14.1. The standard InChI is InChI=1S/C38H40N6O6/c1-26(12-8-10-20-42-24-33(40-41-42)31(25-45)27-13-4-3-5-14-27)38(49)32-22-29(44-36(47)30-16-7-6-15-28(30)23-39-44)18-19-34(32)43(37(38)48)21-11-9-17-35(46)50-2/h3-8,12-16,18-19,22-24,26,31,45,49H,9-11,17,20-21,25H2,1-2H3/b12-8+/t26-,31?,38+/m0/s1. The number of carbonyl (C=O) groups is 2. The van der Waals surface area contributed by atoms with Gasteiger partial charge in [0.05, 0.1) is 48.3 Å². The van der Waals surface area contributed by atoms with Crippen LogP contribution in [-0.2, 0) is 26.5 Å². The van der Waals surface area contributed by atoms with Crippen LogP contribution in [0, 0.1) is 5.92 Å². The topological polar surface area (TPSA) is 153 Å². The molecular weight excluding hydrogens is 636 g/mol. The van der Waals surface area contributed by atoms with Gasteiger partial charge in [0.15, 0.2) is 5.60 Å². The molecule has 6 rings (SSSR count). The summed E-state index contributed by atoms with van der Waals surface area (Å²) >= 11 is 0. The van der Waals surface area contributed by atoms with E-state index in [0.717, 1.165) is 5.56 Å². The minimum absolute atomic E-state index is 0.0935. The van der Waals surface area contributed by atoms with Crippen LogP contribution < -0.4 is 10.5 Å². The first kappa shape index (κ1) is 34.4. The molecule has 0 saturated carbocycles. The molecule has 3 atom stereocenters. The van der Waals surface area contributed by atoms with Gasteiger partial charge >= 0.3 is 5.97 Å². The SMILES string of the molecule is COC(=O)CCCCN1C(=O)[C@@](O)([C@@H](C)/C=C/CCn2cc(C(CO)c3ccccc3)nn2)c2cc(-n3ncc4ccccc4c3=O)ccc21. The van der Waals surface area contributed by atoms with Crippen LogP contribution in [0.25, 0.3) is 16.5 Å². The van der Waals surface area contributed by atoms with Crippen LogP contribution in [0.5, 0.6) is 0 Å². The maximum Gasteiger partial charge on any atom is 0.305 e. The van der Waals surface area contributed by atoms with Gasteiger partial charge in [-0.05, 0) is 49.1 Å². The van der Waals surface area contributed by atoms with Gasteiger partial charge in [0.1, 0.15) is 0 Å². The highest BCUT2D eigenvalue weighted by Crippen LogP contribution is 2.46. The highest BCUT2D eigenvalue weighted by Gasteiger charge is 2.52. The van der Waals surface area contributed by atoms with Crippen molar-refractivity contribution in [1.82, 2.24) is 24.8 Å². The van der Waals surface area contributed by atoms with Gasteiger partial charge in [-0.15, -0.1) is 5.10 Å². The molecule has 1 aliphatic heterocycles. The molecule has 12 nitrogen and oxygen atoms in total. The number of amides is 1. The monoisotopic (exact) mass is 676 g/mol. The van der Waals surface area contributed by atoms with E-state index >= 15 is 0 Å². The number of fused-ring (bicyclic) bond motifs is 2. The van der Waals surface area contributed by atoms with E-state index in [4.69, 9.17) is 4.74 Å². The summed E-state index contributed by atoms with van der Waals surface area (Å²) in [6.07, 6.45) is 8.96. The third-order valence-corrected chi connectivity index (χ3v) is 9.34. The second-order valence-electron chi connectivity index (χ2n) is 12.5. The number of methoxy groups -OCH3 is 1. The van der Waals surface area contributed by atoms with Crippen LogP contribution in [0.3, 0.4) is 0 Å². The number of carbonyl (C=O) groups excluding carboxylic acids is 2. The Labute approximate surface area is 289 Å². The molecule has 50 heavy (non-hydrogen) atoms. The molecule has 1 aliphatic rings. The van der Waals surface area contributed by atoms with E-state index in [1.54, 1.807) is 53.0 Å². The lowest BCUT2D eigenvalue weighted by molar-refractivity contribution is -0.140. The average Bonchev–Trinajstić information content (AvgIpc) is 3.69. The van der Waals surface area contributed by atoms with Gasteiger partial charge < -0.3 is 19.8 Å². The largest absolute Gasteiger partial charge is 0.469 e. The Hall–Kier alpha value is -5.46. The molecule has 0 saturated heterocycles. The summed E-state index contributed by atoms with van der Waals surface area (Å²) in [5, 5.41) is 36.4. The third kappa shape index (κ3) is 6.72. The van der Waals surface area contributed by atoms with Crippen molar-refractivity contribution in [3.63, 3.8) is 0 Å². The number of unbranched alkanes of at least 4 members (excludes halogenated alkanes) is 1. The van der Waals surface area contributed by atoms with E-state index < -0.39 is 17.4 Å². The molecule has 1 amide bonds. The summed E-state index contributed by atoms with van der Waals surface area (Å²) in [5.41, 5.74) is 0.731.